The number of aromatic amines is 1. The fourth-order valence-electron chi connectivity index (χ4n) is 5.64. The van der Waals surface area contributed by atoms with Crippen molar-refractivity contribution < 1.29 is 9.15 Å². The van der Waals surface area contributed by atoms with Gasteiger partial charge in [-0.1, -0.05) is 36.6 Å². The number of furan rings is 1. The van der Waals surface area contributed by atoms with E-state index < -0.39 is 6.04 Å². The maximum atomic E-state index is 13.7. The number of benzene rings is 2. The standard InChI is InChI=1S/C30H32N6O3/c1-20-9-14-27-22(16-20)17-26(30(37)31-27)28(29-32-33-34-36(29)23-6-3-4-7-23)35(19-25-8-5-15-39-25)18-21-10-12-24(38-2)13-11-21/h5,8-17,23,28H,3-4,6-7,18-19H2,1-2H3,(H,31,37). The minimum absolute atomic E-state index is 0.156. The number of aromatic nitrogens is 5. The van der Waals surface area contributed by atoms with Crippen molar-refractivity contribution in [3.63, 3.8) is 0 Å². The van der Waals surface area contributed by atoms with Crippen molar-refractivity contribution in [3.8, 4) is 5.75 Å². The third-order valence-electron chi connectivity index (χ3n) is 7.61. The second-order valence-corrected chi connectivity index (χ2v) is 10.3. The molecule has 1 unspecified atom stereocenters. The van der Waals surface area contributed by atoms with Gasteiger partial charge in [0, 0.05) is 17.6 Å². The summed E-state index contributed by atoms with van der Waals surface area (Å²) >= 11 is 0. The van der Waals surface area contributed by atoms with E-state index in [0.29, 0.717) is 24.5 Å². The van der Waals surface area contributed by atoms with Gasteiger partial charge in [-0.2, -0.15) is 0 Å². The lowest BCUT2D eigenvalue weighted by Gasteiger charge is -2.31. The van der Waals surface area contributed by atoms with Gasteiger partial charge in [0.25, 0.3) is 5.56 Å². The number of ether oxygens (including phenoxy) is 1. The van der Waals surface area contributed by atoms with Crippen LogP contribution in [0.5, 0.6) is 5.75 Å². The molecule has 39 heavy (non-hydrogen) atoms. The van der Waals surface area contributed by atoms with Crippen LogP contribution in [0.3, 0.4) is 0 Å². The molecule has 0 amide bonds. The highest BCUT2D eigenvalue weighted by molar-refractivity contribution is 5.79. The lowest BCUT2D eigenvalue weighted by Crippen LogP contribution is -2.35. The molecule has 3 heterocycles. The molecule has 6 rings (SSSR count). The average Bonchev–Trinajstić information content (AvgIpc) is 3.73. The number of rotatable bonds is 9. The Morgan fingerprint density at radius 1 is 1.10 bits per heavy atom. The van der Waals surface area contributed by atoms with Crippen LogP contribution in [0.15, 0.2) is 76.1 Å². The lowest BCUT2D eigenvalue weighted by atomic mass is 10.0. The maximum absolute atomic E-state index is 13.7. The predicted molar refractivity (Wildman–Crippen MR) is 147 cm³/mol. The molecule has 9 nitrogen and oxygen atoms in total. The molecular weight excluding hydrogens is 492 g/mol. The van der Waals surface area contributed by atoms with Gasteiger partial charge in [-0.15, -0.1) is 5.10 Å². The summed E-state index contributed by atoms with van der Waals surface area (Å²) in [4.78, 5) is 19.1. The number of hydrogen-bond donors (Lipinski definition) is 1. The number of hydrogen-bond acceptors (Lipinski definition) is 7. The largest absolute Gasteiger partial charge is 0.497 e. The number of aryl methyl sites for hydroxylation is 1. The van der Waals surface area contributed by atoms with Crippen LogP contribution in [-0.2, 0) is 13.1 Å². The zero-order valence-corrected chi connectivity index (χ0v) is 22.2. The van der Waals surface area contributed by atoms with E-state index in [1.165, 1.54) is 0 Å². The van der Waals surface area contributed by atoms with Crippen LogP contribution in [0.2, 0.25) is 0 Å². The summed E-state index contributed by atoms with van der Waals surface area (Å²) in [5.74, 6) is 2.25. The Hall–Kier alpha value is -4.24. The van der Waals surface area contributed by atoms with E-state index in [1.54, 1.807) is 13.4 Å². The van der Waals surface area contributed by atoms with Gasteiger partial charge in [0.15, 0.2) is 5.82 Å². The first-order chi connectivity index (χ1) is 19.1. The fraction of sp³-hybridized carbons (Fsp3) is 0.333. The van der Waals surface area contributed by atoms with Crippen LogP contribution >= 0.6 is 0 Å². The van der Waals surface area contributed by atoms with Crippen molar-refractivity contribution in [2.75, 3.05) is 7.11 Å². The van der Waals surface area contributed by atoms with E-state index in [4.69, 9.17) is 9.15 Å². The number of pyridine rings is 1. The van der Waals surface area contributed by atoms with Crippen LogP contribution in [0, 0.1) is 6.92 Å². The number of H-pyrrole nitrogens is 1. The van der Waals surface area contributed by atoms with Crippen LogP contribution < -0.4 is 10.3 Å². The third kappa shape index (κ3) is 5.22. The van der Waals surface area contributed by atoms with E-state index in [0.717, 1.165) is 59.2 Å². The van der Waals surface area contributed by atoms with Crippen molar-refractivity contribution in [2.45, 2.75) is 57.8 Å². The summed E-state index contributed by atoms with van der Waals surface area (Å²) in [6.45, 7) is 3.06. The molecule has 0 radical (unpaired) electrons. The van der Waals surface area contributed by atoms with Gasteiger partial charge >= 0.3 is 0 Å². The SMILES string of the molecule is COc1ccc(CN(Cc2ccco2)C(c2cc3cc(C)ccc3[nH]c2=O)c2nnnn2C2CCCC2)cc1. The van der Waals surface area contributed by atoms with E-state index in [1.807, 2.05) is 59.3 Å². The van der Waals surface area contributed by atoms with E-state index >= 15 is 0 Å². The molecule has 0 bridgehead atoms. The van der Waals surface area contributed by atoms with Gasteiger partial charge < -0.3 is 14.1 Å². The first kappa shape index (κ1) is 25.1. The number of methoxy groups -OCH3 is 1. The molecule has 9 heteroatoms. The van der Waals surface area contributed by atoms with E-state index in [-0.39, 0.29) is 11.6 Å². The molecule has 1 N–H and O–H groups in total. The van der Waals surface area contributed by atoms with Crippen LogP contribution in [0.4, 0.5) is 0 Å². The molecular formula is C30H32N6O3. The van der Waals surface area contributed by atoms with E-state index in [9.17, 15) is 4.79 Å². The number of nitrogens with one attached hydrogen (secondary N) is 1. The molecule has 5 aromatic rings. The lowest BCUT2D eigenvalue weighted by molar-refractivity contribution is 0.176. The number of fused-ring (bicyclic) bond motifs is 1. The Morgan fingerprint density at radius 2 is 1.92 bits per heavy atom. The van der Waals surface area contributed by atoms with Gasteiger partial charge in [-0.3, -0.25) is 9.69 Å². The molecule has 1 saturated carbocycles. The Labute approximate surface area is 226 Å². The summed E-state index contributed by atoms with van der Waals surface area (Å²) in [5, 5.41) is 14.1. The Bertz CT molecular complexity index is 1600. The minimum Gasteiger partial charge on any atom is -0.497 e. The van der Waals surface area contributed by atoms with Crippen molar-refractivity contribution in [3.05, 3.63) is 106 Å². The van der Waals surface area contributed by atoms with Gasteiger partial charge in [0.2, 0.25) is 0 Å². The predicted octanol–water partition coefficient (Wildman–Crippen LogP) is 5.33. The van der Waals surface area contributed by atoms with E-state index in [2.05, 4.69) is 38.4 Å². The third-order valence-corrected chi connectivity index (χ3v) is 7.61. The molecule has 1 fully saturated rings. The first-order valence-corrected chi connectivity index (χ1v) is 13.4. The average molecular weight is 525 g/mol. The summed E-state index contributed by atoms with van der Waals surface area (Å²) < 4.78 is 13.1. The smallest absolute Gasteiger partial charge is 0.253 e. The van der Waals surface area contributed by atoms with Crippen molar-refractivity contribution in [2.24, 2.45) is 0 Å². The normalized spacial score (nSPS) is 14.8. The Kier molecular flexibility index (Phi) is 6.98. The van der Waals surface area contributed by atoms with Crippen LogP contribution in [0.1, 0.15) is 66.0 Å². The molecule has 0 aliphatic heterocycles. The van der Waals surface area contributed by atoms with Crippen molar-refractivity contribution in [1.82, 2.24) is 30.1 Å². The van der Waals surface area contributed by atoms with Crippen LogP contribution in [-0.4, -0.2) is 37.2 Å². The summed E-state index contributed by atoms with van der Waals surface area (Å²) in [5.41, 5.74) is 3.44. The molecule has 2 aromatic carbocycles. The summed E-state index contributed by atoms with van der Waals surface area (Å²) in [6, 6.07) is 19.5. The molecule has 1 atom stereocenters. The second kappa shape index (κ2) is 10.9. The monoisotopic (exact) mass is 524 g/mol. The molecule has 200 valence electrons. The topological polar surface area (TPSA) is 102 Å². The molecule has 1 aliphatic carbocycles. The zero-order chi connectivity index (χ0) is 26.8. The quantitative estimate of drug-likeness (QED) is 0.278. The highest BCUT2D eigenvalue weighted by atomic mass is 16.5. The Balaban J connectivity index is 1.52. The molecule has 1 aliphatic rings. The zero-order valence-electron chi connectivity index (χ0n) is 22.2. The molecule has 0 spiro atoms. The maximum Gasteiger partial charge on any atom is 0.253 e. The van der Waals surface area contributed by atoms with Gasteiger partial charge in [0.05, 0.1) is 26.0 Å². The first-order valence-electron chi connectivity index (χ1n) is 13.4. The summed E-state index contributed by atoms with van der Waals surface area (Å²) in [7, 11) is 1.66. The van der Waals surface area contributed by atoms with Gasteiger partial charge in [-0.25, -0.2) is 4.68 Å². The van der Waals surface area contributed by atoms with Gasteiger partial charge in [0.1, 0.15) is 17.6 Å². The van der Waals surface area contributed by atoms with Gasteiger partial charge in [-0.05, 0) is 83.6 Å². The highest BCUT2D eigenvalue weighted by Gasteiger charge is 2.34. The van der Waals surface area contributed by atoms with Crippen molar-refractivity contribution in [1.29, 1.82) is 0 Å². The fourth-order valence-corrected chi connectivity index (χ4v) is 5.64. The second-order valence-electron chi connectivity index (χ2n) is 10.3. The highest BCUT2D eigenvalue weighted by Crippen LogP contribution is 2.35. The minimum atomic E-state index is -0.513. The molecule has 0 saturated heterocycles. The summed E-state index contributed by atoms with van der Waals surface area (Å²) in [6.07, 6.45) is 6.01. The van der Waals surface area contributed by atoms with Crippen molar-refractivity contribution >= 4 is 10.9 Å². The number of tetrazole rings is 1. The van der Waals surface area contributed by atoms with Crippen LogP contribution in [0.25, 0.3) is 10.9 Å². The number of nitrogens with zero attached hydrogens (tertiary/aromatic N) is 5. The Morgan fingerprint density at radius 3 is 2.67 bits per heavy atom. The molecule has 3 aromatic heterocycles.